The first-order valence-electron chi connectivity index (χ1n) is 7.07. The molecule has 1 heterocycles. The lowest BCUT2D eigenvalue weighted by atomic mass is 10.2. The van der Waals surface area contributed by atoms with Crippen molar-refractivity contribution in [2.24, 2.45) is 0 Å². The minimum atomic E-state index is -0.444. The van der Waals surface area contributed by atoms with Gasteiger partial charge in [0.1, 0.15) is 12.1 Å². The molecule has 0 atom stereocenters. The molecule has 0 radical (unpaired) electrons. The molecule has 0 amide bonds. The maximum absolute atomic E-state index is 10.7. The van der Waals surface area contributed by atoms with Gasteiger partial charge in [0.25, 0.3) is 5.69 Å². The van der Waals surface area contributed by atoms with Crippen molar-refractivity contribution in [3.8, 4) is 5.75 Å². The van der Waals surface area contributed by atoms with Gasteiger partial charge in [-0.2, -0.15) is 0 Å². The van der Waals surface area contributed by atoms with Crippen LogP contribution in [0.3, 0.4) is 0 Å². The van der Waals surface area contributed by atoms with Crippen molar-refractivity contribution in [1.29, 1.82) is 0 Å². The van der Waals surface area contributed by atoms with Gasteiger partial charge in [-0.25, -0.2) is 4.98 Å². The number of fused-ring (bicyclic) bond motifs is 1. The maximum atomic E-state index is 10.7. The predicted molar refractivity (Wildman–Crippen MR) is 93.9 cm³/mol. The molecule has 0 aliphatic heterocycles. The smallest absolute Gasteiger partial charge is 0.269 e. The molecule has 0 unspecified atom stereocenters. The first-order valence-corrected chi connectivity index (χ1v) is 7.83. The molecule has 0 saturated carbocycles. The number of benzene rings is 2. The Hall–Kier alpha value is -2.37. The number of rotatable bonds is 4. The molecule has 3 aromatic rings. The van der Waals surface area contributed by atoms with E-state index >= 15 is 0 Å². The average molecular weight is 363 g/mol. The van der Waals surface area contributed by atoms with Gasteiger partial charge in [0.2, 0.25) is 0 Å². The second-order valence-electron chi connectivity index (χ2n) is 5.23. The highest BCUT2D eigenvalue weighted by molar-refractivity contribution is 6.39. The summed E-state index contributed by atoms with van der Waals surface area (Å²) in [6.45, 7) is 2.08. The topological polar surface area (TPSA) is 65.3 Å². The quantitative estimate of drug-likeness (QED) is 0.464. The summed E-state index contributed by atoms with van der Waals surface area (Å²) in [7, 11) is 0. The van der Waals surface area contributed by atoms with Crippen LogP contribution in [0.15, 0.2) is 42.5 Å². The molecule has 1 aromatic heterocycles. The van der Waals surface area contributed by atoms with Crippen molar-refractivity contribution < 1.29 is 9.66 Å². The monoisotopic (exact) mass is 362 g/mol. The van der Waals surface area contributed by atoms with Crippen LogP contribution in [0.5, 0.6) is 5.75 Å². The Morgan fingerprint density at radius 2 is 1.83 bits per heavy atom. The molecular formula is C17H12Cl2N2O3. The number of aryl methyl sites for hydroxylation is 1. The van der Waals surface area contributed by atoms with Crippen molar-refractivity contribution in [3.05, 3.63) is 73.9 Å². The molecular weight excluding hydrogens is 351 g/mol. The van der Waals surface area contributed by atoms with Gasteiger partial charge in [0.05, 0.1) is 15.0 Å². The molecule has 0 fully saturated rings. The van der Waals surface area contributed by atoms with Crippen molar-refractivity contribution in [2.75, 3.05) is 0 Å². The Morgan fingerprint density at radius 1 is 1.12 bits per heavy atom. The molecule has 0 spiro atoms. The summed E-state index contributed by atoms with van der Waals surface area (Å²) in [6.07, 6.45) is 0. The molecule has 5 nitrogen and oxygen atoms in total. The van der Waals surface area contributed by atoms with Crippen LogP contribution in [0.2, 0.25) is 10.0 Å². The van der Waals surface area contributed by atoms with E-state index in [4.69, 9.17) is 27.9 Å². The summed E-state index contributed by atoms with van der Waals surface area (Å²) in [5.41, 5.74) is 2.23. The zero-order valence-corrected chi connectivity index (χ0v) is 14.1. The van der Waals surface area contributed by atoms with Crippen LogP contribution in [-0.4, -0.2) is 9.91 Å². The number of nitrogens with zero attached hydrogens (tertiary/aromatic N) is 2. The number of nitro benzene ring substituents is 1. The highest BCUT2D eigenvalue weighted by Crippen LogP contribution is 2.37. The summed E-state index contributed by atoms with van der Waals surface area (Å²) in [5.74, 6) is 0.443. The lowest BCUT2D eigenvalue weighted by Gasteiger charge is -2.12. The normalized spacial score (nSPS) is 10.8. The number of ether oxygens (including phenoxy) is 1. The van der Waals surface area contributed by atoms with E-state index in [2.05, 4.69) is 4.98 Å². The van der Waals surface area contributed by atoms with Crippen LogP contribution >= 0.6 is 23.2 Å². The molecule has 122 valence electrons. The second-order valence-corrected chi connectivity index (χ2v) is 6.04. The highest BCUT2D eigenvalue weighted by Gasteiger charge is 2.14. The van der Waals surface area contributed by atoms with Crippen molar-refractivity contribution in [3.63, 3.8) is 0 Å². The van der Waals surface area contributed by atoms with Gasteiger partial charge in [0.15, 0.2) is 5.75 Å². The molecule has 2 aromatic carbocycles. The molecule has 0 aliphatic carbocycles. The number of halogens is 2. The molecule has 24 heavy (non-hydrogen) atoms. The van der Waals surface area contributed by atoms with Gasteiger partial charge in [-0.1, -0.05) is 23.2 Å². The minimum absolute atomic E-state index is 0.0333. The van der Waals surface area contributed by atoms with Crippen molar-refractivity contribution >= 4 is 39.8 Å². The highest BCUT2D eigenvalue weighted by atomic mass is 35.5. The standard InChI is InChI=1S/C17H12Cl2N2O3/c1-10-2-7-13-14(18)8-15(19)17(16(13)20-10)24-9-11-3-5-12(6-4-11)21(22)23/h2-8H,9H2,1H3. The Balaban J connectivity index is 1.92. The third-order valence-electron chi connectivity index (χ3n) is 3.51. The summed E-state index contributed by atoms with van der Waals surface area (Å²) in [6, 6.07) is 11.5. The lowest BCUT2D eigenvalue weighted by Crippen LogP contribution is -1.99. The van der Waals surface area contributed by atoms with Crippen LogP contribution in [-0.2, 0) is 6.61 Å². The second kappa shape index (κ2) is 6.63. The number of pyridine rings is 1. The Bertz CT molecular complexity index is 927. The van der Waals surface area contributed by atoms with Crippen LogP contribution in [0.25, 0.3) is 10.9 Å². The molecule has 7 heteroatoms. The summed E-state index contributed by atoms with van der Waals surface area (Å²) in [5, 5.41) is 12.3. The molecule has 3 rings (SSSR count). The Morgan fingerprint density at radius 3 is 2.50 bits per heavy atom. The van der Waals surface area contributed by atoms with E-state index in [1.54, 1.807) is 18.2 Å². The largest absolute Gasteiger partial charge is 0.485 e. The summed E-state index contributed by atoms with van der Waals surface area (Å²) >= 11 is 12.5. The van der Waals surface area contributed by atoms with Gasteiger partial charge < -0.3 is 4.74 Å². The van der Waals surface area contributed by atoms with Crippen LogP contribution in [0.4, 0.5) is 5.69 Å². The molecule has 0 N–H and O–H groups in total. The van der Waals surface area contributed by atoms with Crippen LogP contribution in [0, 0.1) is 17.0 Å². The first kappa shape index (κ1) is 16.5. The van der Waals surface area contributed by atoms with Crippen molar-refractivity contribution in [1.82, 2.24) is 4.98 Å². The van der Waals surface area contributed by atoms with Gasteiger partial charge >= 0.3 is 0 Å². The van der Waals surface area contributed by atoms with Gasteiger partial charge in [-0.3, -0.25) is 10.1 Å². The number of nitro groups is 1. The number of non-ortho nitro benzene ring substituents is 1. The van der Waals surface area contributed by atoms with Crippen LogP contribution < -0.4 is 4.74 Å². The fourth-order valence-corrected chi connectivity index (χ4v) is 2.87. The van der Waals surface area contributed by atoms with E-state index in [1.165, 1.54) is 12.1 Å². The SMILES string of the molecule is Cc1ccc2c(Cl)cc(Cl)c(OCc3ccc([N+](=O)[O-])cc3)c2n1. The van der Waals surface area contributed by atoms with E-state index in [0.717, 1.165) is 16.6 Å². The number of hydrogen-bond acceptors (Lipinski definition) is 4. The lowest BCUT2D eigenvalue weighted by molar-refractivity contribution is -0.384. The third kappa shape index (κ3) is 3.27. The van der Waals surface area contributed by atoms with E-state index < -0.39 is 4.92 Å². The zero-order valence-electron chi connectivity index (χ0n) is 12.6. The van der Waals surface area contributed by atoms with Gasteiger partial charge in [-0.05, 0) is 42.8 Å². The van der Waals surface area contributed by atoms with E-state index in [-0.39, 0.29) is 12.3 Å². The van der Waals surface area contributed by atoms with E-state index in [9.17, 15) is 10.1 Å². The van der Waals surface area contributed by atoms with E-state index in [1.807, 2.05) is 19.1 Å². The Kier molecular flexibility index (Phi) is 4.55. The van der Waals surface area contributed by atoms with Gasteiger partial charge in [0, 0.05) is 23.2 Å². The molecule has 0 saturated heterocycles. The first-order chi connectivity index (χ1) is 11.5. The molecule has 0 aliphatic rings. The minimum Gasteiger partial charge on any atom is -0.485 e. The summed E-state index contributed by atoms with van der Waals surface area (Å²) < 4.78 is 5.82. The van der Waals surface area contributed by atoms with Gasteiger partial charge in [-0.15, -0.1) is 0 Å². The Labute approximate surface area is 147 Å². The van der Waals surface area contributed by atoms with Crippen molar-refractivity contribution in [2.45, 2.75) is 13.5 Å². The summed E-state index contributed by atoms with van der Waals surface area (Å²) in [4.78, 5) is 14.7. The number of hydrogen-bond donors (Lipinski definition) is 0. The molecule has 0 bridgehead atoms. The predicted octanol–water partition coefficient (Wildman–Crippen LogP) is 5.34. The fourth-order valence-electron chi connectivity index (χ4n) is 2.30. The maximum Gasteiger partial charge on any atom is 0.269 e. The zero-order chi connectivity index (χ0) is 17.3. The number of aromatic nitrogens is 1. The van der Waals surface area contributed by atoms with E-state index in [0.29, 0.717) is 21.3 Å². The third-order valence-corrected chi connectivity index (χ3v) is 4.10. The average Bonchev–Trinajstić information content (AvgIpc) is 2.54. The van der Waals surface area contributed by atoms with Crippen LogP contribution in [0.1, 0.15) is 11.3 Å². The fraction of sp³-hybridized carbons (Fsp3) is 0.118.